The lowest BCUT2D eigenvalue weighted by molar-refractivity contribution is -0.140. The minimum absolute atomic E-state index is 0.0324. The fraction of sp³-hybridized carbons (Fsp3) is 0.217. The molecule has 0 aliphatic rings. The van der Waals surface area contributed by atoms with Crippen molar-refractivity contribution in [2.45, 2.75) is 33.0 Å². The zero-order valence-corrected chi connectivity index (χ0v) is 19.2. The van der Waals surface area contributed by atoms with Gasteiger partial charge in [0, 0.05) is 11.6 Å². The van der Waals surface area contributed by atoms with Crippen LogP contribution in [-0.4, -0.2) is 26.6 Å². The lowest BCUT2D eigenvalue weighted by atomic mass is 10.00. The molecule has 0 aliphatic carbocycles. The fourth-order valence-corrected chi connectivity index (χ4v) is 4.50. The Morgan fingerprint density at radius 2 is 1.82 bits per heavy atom. The number of alkyl halides is 3. The molecule has 1 atom stereocenters. The van der Waals surface area contributed by atoms with Crippen molar-refractivity contribution in [2.24, 2.45) is 5.73 Å². The number of amides is 2. The highest BCUT2D eigenvalue weighted by atomic mass is 32.1. The van der Waals surface area contributed by atoms with Gasteiger partial charge in [0.15, 0.2) is 0 Å². The monoisotopic (exact) mass is 487 g/mol. The first-order chi connectivity index (χ1) is 16.0. The van der Waals surface area contributed by atoms with E-state index in [0.717, 1.165) is 11.6 Å². The van der Waals surface area contributed by atoms with E-state index in [4.69, 9.17) is 5.73 Å². The summed E-state index contributed by atoms with van der Waals surface area (Å²) in [5.74, 6) is -1.40. The van der Waals surface area contributed by atoms with Crippen LogP contribution in [0.2, 0.25) is 0 Å². The normalized spacial score (nSPS) is 12.6. The lowest BCUT2D eigenvalue weighted by Gasteiger charge is -2.15. The van der Waals surface area contributed by atoms with Crippen LogP contribution < -0.4 is 11.1 Å². The molecule has 2 amide bonds. The van der Waals surface area contributed by atoms with Gasteiger partial charge in [-0.15, -0.1) is 11.3 Å². The van der Waals surface area contributed by atoms with Gasteiger partial charge < -0.3 is 11.1 Å². The molecule has 1 aromatic carbocycles. The average Bonchev–Trinajstić information content (AvgIpc) is 3.36. The summed E-state index contributed by atoms with van der Waals surface area (Å²) in [6.07, 6.45) is -3.07. The van der Waals surface area contributed by atoms with Crippen LogP contribution in [0.25, 0.3) is 21.3 Å². The number of fused-ring (bicyclic) bond motifs is 1. The highest BCUT2D eigenvalue weighted by Crippen LogP contribution is 2.43. The van der Waals surface area contributed by atoms with Gasteiger partial charge in [-0.25, -0.2) is 4.98 Å². The molecule has 0 saturated carbocycles. The maximum Gasteiger partial charge on any atom is 0.433 e. The number of nitrogens with two attached hydrogens (primary N) is 1. The third-order valence-corrected chi connectivity index (χ3v) is 6.40. The van der Waals surface area contributed by atoms with Gasteiger partial charge in [-0.2, -0.15) is 18.3 Å². The van der Waals surface area contributed by atoms with E-state index in [0.29, 0.717) is 22.6 Å². The number of aromatic nitrogens is 3. The second-order valence-electron chi connectivity index (χ2n) is 7.87. The van der Waals surface area contributed by atoms with Gasteiger partial charge in [0.1, 0.15) is 21.4 Å². The summed E-state index contributed by atoms with van der Waals surface area (Å²) in [5.41, 5.74) is 6.75. The summed E-state index contributed by atoms with van der Waals surface area (Å²) < 4.78 is 42.3. The number of pyridine rings is 1. The van der Waals surface area contributed by atoms with Crippen LogP contribution in [0.3, 0.4) is 0 Å². The molecular formula is C23H20F3N5O2S. The number of nitrogens with zero attached hydrogens (tertiary/aromatic N) is 3. The summed E-state index contributed by atoms with van der Waals surface area (Å²) in [4.78, 5) is 28.8. The van der Waals surface area contributed by atoms with Crippen molar-refractivity contribution in [1.29, 1.82) is 0 Å². The van der Waals surface area contributed by atoms with Crippen molar-refractivity contribution >= 4 is 39.1 Å². The number of primary amides is 1. The minimum Gasteiger partial charge on any atom is -0.365 e. The Morgan fingerprint density at radius 1 is 1.15 bits per heavy atom. The van der Waals surface area contributed by atoms with Gasteiger partial charge in [-0.3, -0.25) is 14.3 Å². The van der Waals surface area contributed by atoms with E-state index in [2.05, 4.69) is 15.4 Å². The number of hydrogen-bond donors (Lipinski definition) is 2. The Labute approximate surface area is 196 Å². The number of carbonyl (C=O) groups is 2. The Hall–Kier alpha value is -3.73. The Bertz CT molecular complexity index is 1410. The zero-order chi connectivity index (χ0) is 24.8. The number of carbonyl (C=O) groups excluding carboxylic acids is 2. The van der Waals surface area contributed by atoms with E-state index in [9.17, 15) is 22.8 Å². The molecule has 1 unspecified atom stereocenters. The van der Waals surface area contributed by atoms with E-state index < -0.39 is 29.7 Å². The summed E-state index contributed by atoms with van der Waals surface area (Å²) in [6, 6.07) is 8.76. The Morgan fingerprint density at radius 3 is 2.38 bits per heavy atom. The van der Waals surface area contributed by atoms with Crippen LogP contribution in [0.1, 0.15) is 39.6 Å². The molecule has 0 fully saturated rings. The van der Waals surface area contributed by atoms with Crippen LogP contribution in [0.15, 0.2) is 42.6 Å². The number of hydrogen-bond acceptors (Lipinski definition) is 5. The van der Waals surface area contributed by atoms with Gasteiger partial charge in [0.25, 0.3) is 5.91 Å². The van der Waals surface area contributed by atoms with Crippen LogP contribution in [-0.2, 0) is 11.0 Å². The molecule has 34 heavy (non-hydrogen) atoms. The first-order valence-corrected chi connectivity index (χ1v) is 11.0. The molecule has 0 saturated heterocycles. The van der Waals surface area contributed by atoms with Gasteiger partial charge >= 0.3 is 6.18 Å². The van der Waals surface area contributed by atoms with Crippen molar-refractivity contribution in [2.75, 3.05) is 5.32 Å². The van der Waals surface area contributed by atoms with Gasteiger partial charge in [-0.05, 0) is 44.0 Å². The number of halogens is 3. The van der Waals surface area contributed by atoms with Crippen LogP contribution in [0.5, 0.6) is 0 Å². The molecule has 7 nitrogen and oxygen atoms in total. The molecule has 176 valence electrons. The molecule has 3 N–H and O–H groups in total. The van der Waals surface area contributed by atoms with E-state index in [1.165, 1.54) is 4.68 Å². The third-order valence-electron chi connectivity index (χ3n) is 5.30. The maximum atomic E-state index is 13.6. The predicted molar refractivity (Wildman–Crippen MR) is 124 cm³/mol. The smallest absolute Gasteiger partial charge is 0.365 e. The van der Waals surface area contributed by atoms with Crippen molar-refractivity contribution < 1.29 is 22.8 Å². The Kier molecular flexibility index (Phi) is 5.90. The maximum absolute atomic E-state index is 13.6. The highest BCUT2D eigenvalue weighted by molar-refractivity contribution is 7.21. The number of anilines is 1. The number of rotatable bonds is 5. The zero-order valence-electron chi connectivity index (χ0n) is 18.4. The van der Waals surface area contributed by atoms with Crippen molar-refractivity contribution in [3.05, 3.63) is 64.4 Å². The quantitative estimate of drug-likeness (QED) is 0.409. The first kappa shape index (κ1) is 23.4. The van der Waals surface area contributed by atoms with Crippen LogP contribution in [0, 0.1) is 13.8 Å². The van der Waals surface area contributed by atoms with Crippen LogP contribution in [0.4, 0.5) is 18.9 Å². The van der Waals surface area contributed by atoms with Crippen molar-refractivity contribution in [1.82, 2.24) is 14.8 Å². The largest absolute Gasteiger partial charge is 0.433 e. The summed E-state index contributed by atoms with van der Waals surface area (Å²) in [6.45, 7) is 5.24. The molecule has 11 heteroatoms. The minimum atomic E-state index is -4.71. The molecule has 0 radical (unpaired) electrons. The second kappa shape index (κ2) is 8.56. The average molecular weight is 488 g/mol. The van der Waals surface area contributed by atoms with Crippen molar-refractivity contribution in [3.63, 3.8) is 0 Å². The number of benzene rings is 1. The third kappa shape index (κ3) is 4.38. The first-order valence-electron chi connectivity index (χ1n) is 10.2. The van der Waals surface area contributed by atoms with Gasteiger partial charge in [-0.1, -0.05) is 29.8 Å². The van der Waals surface area contributed by atoms with E-state index in [1.54, 1.807) is 50.4 Å². The highest BCUT2D eigenvalue weighted by Gasteiger charge is 2.35. The molecule has 0 aliphatic heterocycles. The topological polar surface area (TPSA) is 103 Å². The molecule has 0 spiro atoms. The summed E-state index contributed by atoms with van der Waals surface area (Å²) in [5, 5.41) is 7.13. The van der Waals surface area contributed by atoms with Gasteiger partial charge in [0.2, 0.25) is 5.91 Å². The molecule has 4 rings (SSSR count). The van der Waals surface area contributed by atoms with E-state index in [-0.39, 0.29) is 26.3 Å². The molecule has 0 bridgehead atoms. The predicted octanol–water partition coefficient (Wildman–Crippen LogP) is 5.09. The van der Waals surface area contributed by atoms with E-state index in [1.807, 2.05) is 6.92 Å². The SMILES string of the molecule is Cc1ccc(-c2cc(C(F)(F)F)nc3sc(C(N)=O)c(NC(=O)C(C)n4ccc(C)n4)c23)cc1. The summed E-state index contributed by atoms with van der Waals surface area (Å²) in [7, 11) is 0. The molecule has 3 aromatic heterocycles. The molecule has 4 aromatic rings. The Balaban J connectivity index is 1.93. The van der Waals surface area contributed by atoms with Gasteiger partial charge in [0.05, 0.1) is 11.4 Å². The summed E-state index contributed by atoms with van der Waals surface area (Å²) >= 11 is 0.705. The number of aryl methyl sites for hydroxylation is 2. The second-order valence-corrected chi connectivity index (χ2v) is 8.87. The number of thiophene rings is 1. The number of nitrogens with one attached hydrogen (secondary N) is 1. The van der Waals surface area contributed by atoms with Crippen molar-refractivity contribution in [3.8, 4) is 11.1 Å². The standard InChI is InChI=1S/C23H20F3N5O2S/c1-11-4-6-14(7-5-11)15-10-16(23(24,25)26)28-22-17(15)18(19(34-22)20(27)32)29-21(33)13(3)31-9-8-12(2)30-31/h4-10,13H,1-3H3,(H2,27,32)(H,29,33). The van der Waals surface area contributed by atoms with Crippen LogP contribution >= 0.6 is 11.3 Å². The van der Waals surface area contributed by atoms with E-state index >= 15 is 0 Å². The lowest BCUT2D eigenvalue weighted by Crippen LogP contribution is -2.25. The fourth-order valence-electron chi connectivity index (χ4n) is 3.49. The molecule has 3 heterocycles. The molecular weight excluding hydrogens is 467 g/mol.